The summed E-state index contributed by atoms with van der Waals surface area (Å²) in [6.07, 6.45) is 1.06. The van der Waals surface area contributed by atoms with E-state index in [2.05, 4.69) is 20.9 Å². The highest BCUT2D eigenvalue weighted by molar-refractivity contribution is 9.10. The van der Waals surface area contributed by atoms with E-state index in [1.165, 1.54) is 11.3 Å². The van der Waals surface area contributed by atoms with Crippen LogP contribution in [-0.2, 0) is 0 Å². The van der Waals surface area contributed by atoms with E-state index in [9.17, 15) is 5.11 Å². The standard InChI is InChI=1S/C11H10BrNOS/c1-7-3-2-5-13-9(7)10(14)11-8(12)4-6-15-11/h2-6,10,14H,1H3. The predicted molar refractivity (Wildman–Crippen MR) is 65.1 cm³/mol. The maximum absolute atomic E-state index is 10.2. The highest BCUT2D eigenvalue weighted by atomic mass is 79.9. The van der Waals surface area contributed by atoms with E-state index in [1.54, 1.807) is 6.20 Å². The van der Waals surface area contributed by atoms with Crippen molar-refractivity contribution in [3.05, 3.63) is 50.4 Å². The number of thiophene rings is 1. The minimum atomic E-state index is -0.638. The first-order valence-corrected chi connectivity index (χ1v) is 6.20. The van der Waals surface area contributed by atoms with Crippen molar-refractivity contribution in [3.8, 4) is 0 Å². The summed E-state index contributed by atoms with van der Waals surface area (Å²) < 4.78 is 0.935. The molecule has 0 amide bonds. The predicted octanol–water partition coefficient (Wildman–Crippen LogP) is 3.30. The number of aliphatic hydroxyl groups excluding tert-OH is 1. The monoisotopic (exact) mass is 283 g/mol. The van der Waals surface area contributed by atoms with Crippen molar-refractivity contribution in [3.63, 3.8) is 0 Å². The van der Waals surface area contributed by atoms with Crippen molar-refractivity contribution in [2.24, 2.45) is 0 Å². The minimum absolute atomic E-state index is 0.638. The fourth-order valence-electron chi connectivity index (χ4n) is 1.41. The van der Waals surface area contributed by atoms with Gasteiger partial charge in [-0.1, -0.05) is 6.07 Å². The molecule has 2 rings (SSSR count). The fourth-order valence-corrected chi connectivity index (χ4v) is 2.99. The van der Waals surface area contributed by atoms with Gasteiger partial charge in [0.2, 0.25) is 0 Å². The molecule has 0 aliphatic carbocycles. The van der Waals surface area contributed by atoms with Gasteiger partial charge in [0.05, 0.1) is 10.6 Å². The quantitative estimate of drug-likeness (QED) is 0.918. The van der Waals surface area contributed by atoms with Crippen LogP contribution >= 0.6 is 27.3 Å². The Hall–Kier alpha value is -0.710. The van der Waals surface area contributed by atoms with Crippen molar-refractivity contribution in [1.82, 2.24) is 4.98 Å². The van der Waals surface area contributed by atoms with Gasteiger partial charge >= 0.3 is 0 Å². The summed E-state index contributed by atoms with van der Waals surface area (Å²) in [4.78, 5) is 5.11. The number of aryl methyl sites for hydroxylation is 1. The van der Waals surface area contributed by atoms with Gasteiger partial charge in [0.25, 0.3) is 0 Å². The van der Waals surface area contributed by atoms with Crippen LogP contribution in [0.15, 0.2) is 34.2 Å². The lowest BCUT2D eigenvalue weighted by Crippen LogP contribution is -2.03. The number of aliphatic hydroxyl groups is 1. The molecule has 2 nitrogen and oxygen atoms in total. The topological polar surface area (TPSA) is 33.1 Å². The van der Waals surface area contributed by atoms with Crippen molar-refractivity contribution >= 4 is 27.3 Å². The third-order valence-electron chi connectivity index (χ3n) is 2.20. The van der Waals surface area contributed by atoms with Crippen LogP contribution in [-0.4, -0.2) is 10.1 Å². The molecule has 0 saturated carbocycles. The van der Waals surface area contributed by atoms with E-state index in [4.69, 9.17) is 0 Å². The normalized spacial score (nSPS) is 12.7. The smallest absolute Gasteiger partial charge is 0.131 e. The summed E-state index contributed by atoms with van der Waals surface area (Å²) >= 11 is 4.94. The van der Waals surface area contributed by atoms with Crippen molar-refractivity contribution in [2.45, 2.75) is 13.0 Å². The molecular formula is C11H10BrNOS. The number of rotatable bonds is 2. The number of nitrogens with zero attached hydrogens (tertiary/aromatic N) is 1. The molecule has 0 bridgehead atoms. The molecule has 4 heteroatoms. The van der Waals surface area contributed by atoms with Gasteiger partial charge in [0.15, 0.2) is 0 Å². The molecule has 1 unspecified atom stereocenters. The first kappa shape index (κ1) is 10.8. The van der Waals surface area contributed by atoms with Gasteiger partial charge < -0.3 is 5.11 Å². The Morgan fingerprint density at radius 2 is 2.27 bits per heavy atom. The van der Waals surface area contributed by atoms with Crippen LogP contribution in [0.2, 0.25) is 0 Å². The van der Waals surface area contributed by atoms with Gasteiger partial charge in [-0.2, -0.15) is 0 Å². The molecular weight excluding hydrogens is 274 g/mol. The first-order chi connectivity index (χ1) is 7.20. The average molecular weight is 284 g/mol. The molecule has 0 aliphatic heterocycles. The molecule has 0 aliphatic rings. The summed E-state index contributed by atoms with van der Waals surface area (Å²) in [5.74, 6) is 0. The molecule has 15 heavy (non-hydrogen) atoms. The lowest BCUT2D eigenvalue weighted by atomic mass is 10.1. The first-order valence-electron chi connectivity index (χ1n) is 4.52. The van der Waals surface area contributed by atoms with Crippen LogP contribution in [0.3, 0.4) is 0 Å². The van der Waals surface area contributed by atoms with Gasteiger partial charge in [-0.3, -0.25) is 4.98 Å². The van der Waals surface area contributed by atoms with Gasteiger partial charge in [-0.25, -0.2) is 0 Å². The van der Waals surface area contributed by atoms with E-state index in [0.29, 0.717) is 0 Å². The third-order valence-corrected chi connectivity index (χ3v) is 4.13. The summed E-state index contributed by atoms with van der Waals surface area (Å²) in [5, 5.41) is 12.1. The Balaban J connectivity index is 2.41. The summed E-state index contributed by atoms with van der Waals surface area (Å²) in [6.45, 7) is 1.95. The zero-order chi connectivity index (χ0) is 10.8. The van der Waals surface area contributed by atoms with Gasteiger partial charge in [-0.05, 0) is 45.9 Å². The molecule has 0 fully saturated rings. The lowest BCUT2D eigenvalue weighted by molar-refractivity contribution is 0.217. The van der Waals surface area contributed by atoms with Gasteiger partial charge in [0.1, 0.15) is 6.10 Å². The summed E-state index contributed by atoms with van der Waals surface area (Å²) in [7, 11) is 0. The second kappa shape index (κ2) is 4.43. The van der Waals surface area contributed by atoms with Crippen molar-refractivity contribution in [1.29, 1.82) is 0 Å². The van der Waals surface area contributed by atoms with Crippen molar-refractivity contribution < 1.29 is 5.11 Å². The number of halogens is 1. The molecule has 78 valence electrons. The average Bonchev–Trinajstić information content (AvgIpc) is 2.64. The molecule has 1 atom stereocenters. The molecule has 1 N–H and O–H groups in total. The Kier molecular flexibility index (Phi) is 3.19. The van der Waals surface area contributed by atoms with Gasteiger partial charge in [0, 0.05) is 10.7 Å². The SMILES string of the molecule is Cc1cccnc1C(O)c1sccc1Br. The molecule has 0 radical (unpaired) electrons. The maximum atomic E-state index is 10.2. The van der Waals surface area contributed by atoms with E-state index >= 15 is 0 Å². The van der Waals surface area contributed by atoms with Crippen LogP contribution in [0.4, 0.5) is 0 Å². The highest BCUT2D eigenvalue weighted by Crippen LogP contribution is 2.33. The number of hydrogen-bond acceptors (Lipinski definition) is 3. The highest BCUT2D eigenvalue weighted by Gasteiger charge is 2.17. The number of pyridine rings is 1. The van der Waals surface area contributed by atoms with Gasteiger partial charge in [-0.15, -0.1) is 11.3 Å². The lowest BCUT2D eigenvalue weighted by Gasteiger charge is -2.11. The largest absolute Gasteiger partial charge is 0.381 e. The van der Waals surface area contributed by atoms with Crippen LogP contribution in [0, 0.1) is 6.92 Å². The number of aromatic nitrogens is 1. The van der Waals surface area contributed by atoms with Crippen LogP contribution in [0.1, 0.15) is 22.2 Å². The molecule has 2 heterocycles. The summed E-state index contributed by atoms with van der Waals surface area (Å²) in [6, 6.07) is 5.75. The number of hydrogen-bond donors (Lipinski definition) is 1. The fraction of sp³-hybridized carbons (Fsp3) is 0.182. The third kappa shape index (κ3) is 2.12. The molecule has 2 aromatic rings. The van der Waals surface area contributed by atoms with Crippen LogP contribution < -0.4 is 0 Å². The molecule has 2 aromatic heterocycles. The Bertz CT molecular complexity index is 469. The van der Waals surface area contributed by atoms with E-state index in [1.807, 2.05) is 30.5 Å². The Labute approximate surface area is 101 Å². The zero-order valence-corrected chi connectivity index (χ0v) is 10.5. The Morgan fingerprint density at radius 1 is 1.47 bits per heavy atom. The maximum Gasteiger partial charge on any atom is 0.131 e. The summed E-state index contributed by atoms with van der Waals surface area (Å²) in [5.41, 5.74) is 1.73. The molecule has 0 saturated heterocycles. The Morgan fingerprint density at radius 3 is 2.87 bits per heavy atom. The van der Waals surface area contributed by atoms with Crippen LogP contribution in [0.5, 0.6) is 0 Å². The van der Waals surface area contributed by atoms with Crippen molar-refractivity contribution in [2.75, 3.05) is 0 Å². The van der Waals surface area contributed by atoms with E-state index in [0.717, 1.165) is 20.6 Å². The van der Waals surface area contributed by atoms with E-state index in [-0.39, 0.29) is 0 Å². The van der Waals surface area contributed by atoms with E-state index < -0.39 is 6.10 Å². The molecule has 0 aromatic carbocycles. The second-order valence-electron chi connectivity index (χ2n) is 3.24. The minimum Gasteiger partial charge on any atom is -0.381 e. The van der Waals surface area contributed by atoms with Crippen LogP contribution in [0.25, 0.3) is 0 Å². The second-order valence-corrected chi connectivity index (χ2v) is 5.04. The zero-order valence-electron chi connectivity index (χ0n) is 8.14. The molecule has 0 spiro atoms.